The van der Waals surface area contributed by atoms with Crippen LogP contribution in [0.25, 0.3) is 20.8 Å². The van der Waals surface area contributed by atoms with Gasteiger partial charge >= 0.3 is 6.09 Å². The van der Waals surface area contributed by atoms with Gasteiger partial charge in [-0.2, -0.15) is 0 Å². The van der Waals surface area contributed by atoms with Crippen LogP contribution in [0.3, 0.4) is 0 Å². The first-order chi connectivity index (χ1) is 16.1. The number of aromatic nitrogens is 1. The molecule has 1 aliphatic rings. The maximum absolute atomic E-state index is 12.9. The van der Waals surface area contributed by atoms with Crippen LogP contribution < -0.4 is 10.1 Å². The summed E-state index contributed by atoms with van der Waals surface area (Å²) < 4.78 is 6.59. The van der Waals surface area contributed by atoms with Crippen LogP contribution in [0.5, 0.6) is 5.75 Å². The number of rotatable bonds is 4. The number of ether oxygens (including phenoxy) is 1. The number of aryl methyl sites for hydroxylation is 1. The largest absolute Gasteiger partial charge is 0.415 e. The van der Waals surface area contributed by atoms with Crippen molar-refractivity contribution < 1.29 is 14.3 Å². The number of para-hydroxylation sites is 1. The van der Waals surface area contributed by atoms with E-state index in [0.29, 0.717) is 24.4 Å². The number of hydrogen-bond acceptors (Lipinski definition) is 5. The quantitative estimate of drug-likeness (QED) is 0.416. The summed E-state index contributed by atoms with van der Waals surface area (Å²) >= 11 is 1.65. The first kappa shape index (κ1) is 21.2. The molecule has 0 saturated carbocycles. The van der Waals surface area contributed by atoms with E-state index in [4.69, 9.17) is 9.72 Å². The average Bonchev–Trinajstić information content (AvgIpc) is 3.47. The number of amides is 2. The number of nitrogens with one attached hydrogen (secondary N) is 1. The van der Waals surface area contributed by atoms with Crippen molar-refractivity contribution in [2.45, 2.75) is 25.8 Å². The molecule has 1 aliphatic heterocycles. The molecule has 1 atom stereocenters. The van der Waals surface area contributed by atoms with Crippen molar-refractivity contribution in [1.82, 2.24) is 9.88 Å². The fourth-order valence-electron chi connectivity index (χ4n) is 3.98. The van der Waals surface area contributed by atoms with E-state index in [1.807, 2.05) is 36.4 Å². The summed E-state index contributed by atoms with van der Waals surface area (Å²) in [6.45, 7) is 2.57. The molecule has 1 fully saturated rings. The molecule has 0 spiro atoms. The fourth-order valence-corrected chi connectivity index (χ4v) is 5.05. The van der Waals surface area contributed by atoms with Gasteiger partial charge < -0.3 is 10.1 Å². The Labute approximate surface area is 195 Å². The Bertz CT molecular complexity index is 1300. The number of thiazole rings is 1. The van der Waals surface area contributed by atoms with E-state index in [2.05, 4.69) is 24.4 Å². The first-order valence-corrected chi connectivity index (χ1v) is 11.7. The lowest BCUT2D eigenvalue weighted by atomic mass is 10.2. The van der Waals surface area contributed by atoms with Crippen molar-refractivity contribution in [3.05, 3.63) is 78.4 Å². The van der Waals surface area contributed by atoms with E-state index in [0.717, 1.165) is 27.2 Å². The van der Waals surface area contributed by atoms with Crippen LogP contribution in [-0.2, 0) is 4.79 Å². The van der Waals surface area contributed by atoms with Crippen LogP contribution in [0.4, 0.5) is 10.5 Å². The second-order valence-electron chi connectivity index (χ2n) is 8.09. The average molecular weight is 458 g/mol. The number of likely N-dealkylation sites (tertiary alicyclic amines) is 1. The molecule has 0 unspecified atom stereocenters. The monoisotopic (exact) mass is 457 g/mol. The minimum absolute atomic E-state index is 0.208. The molecule has 0 radical (unpaired) electrons. The van der Waals surface area contributed by atoms with E-state index < -0.39 is 12.1 Å². The smallest absolute Gasteiger partial charge is 0.410 e. The highest BCUT2D eigenvalue weighted by Crippen LogP contribution is 2.31. The van der Waals surface area contributed by atoms with E-state index in [1.165, 1.54) is 10.5 Å². The molecule has 166 valence electrons. The highest BCUT2D eigenvalue weighted by Gasteiger charge is 2.35. The Morgan fingerprint density at radius 2 is 1.85 bits per heavy atom. The van der Waals surface area contributed by atoms with Crippen LogP contribution in [0.2, 0.25) is 0 Å². The zero-order valence-corrected chi connectivity index (χ0v) is 19.0. The molecule has 0 bridgehead atoms. The van der Waals surface area contributed by atoms with Crippen LogP contribution in [-0.4, -0.2) is 34.5 Å². The first-order valence-electron chi connectivity index (χ1n) is 10.9. The molecule has 1 aromatic heterocycles. The second kappa shape index (κ2) is 9.03. The Morgan fingerprint density at radius 1 is 1.06 bits per heavy atom. The maximum Gasteiger partial charge on any atom is 0.415 e. The van der Waals surface area contributed by atoms with Crippen molar-refractivity contribution in [2.75, 3.05) is 11.9 Å². The minimum Gasteiger partial charge on any atom is -0.410 e. The lowest BCUT2D eigenvalue weighted by molar-refractivity contribution is -0.119. The van der Waals surface area contributed by atoms with E-state index >= 15 is 0 Å². The number of fused-ring (bicyclic) bond motifs is 1. The molecule has 33 heavy (non-hydrogen) atoms. The maximum atomic E-state index is 12.9. The molecule has 2 amide bonds. The van der Waals surface area contributed by atoms with Gasteiger partial charge in [0.25, 0.3) is 0 Å². The molecule has 7 heteroatoms. The molecule has 2 heterocycles. The Hall–Kier alpha value is -3.71. The third kappa shape index (κ3) is 4.59. The zero-order chi connectivity index (χ0) is 22.8. The van der Waals surface area contributed by atoms with Crippen LogP contribution in [0.1, 0.15) is 18.4 Å². The second-order valence-corrected chi connectivity index (χ2v) is 9.12. The molecule has 1 N–H and O–H groups in total. The highest BCUT2D eigenvalue weighted by atomic mass is 32.1. The zero-order valence-electron chi connectivity index (χ0n) is 18.2. The Balaban J connectivity index is 1.25. The molecule has 5 rings (SSSR count). The van der Waals surface area contributed by atoms with Gasteiger partial charge in [-0.05, 0) is 73.9 Å². The third-order valence-corrected chi connectivity index (χ3v) is 6.75. The molecule has 1 saturated heterocycles. The van der Waals surface area contributed by atoms with Gasteiger partial charge in [0.05, 0.1) is 10.2 Å². The topological polar surface area (TPSA) is 71.5 Å². The number of hydrogen-bond donors (Lipinski definition) is 1. The predicted octanol–water partition coefficient (Wildman–Crippen LogP) is 5.87. The summed E-state index contributed by atoms with van der Waals surface area (Å²) in [4.78, 5) is 31.7. The molecule has 3 aromatic carbocycles. The lowest BCUT2D eigenvalue weighted by Crippen LogP contribution is -2.44. The van der Waals surface area contributed by atoms with Gasteiger partial charge in [0.1, 0.15) is 16.8 Å². The number of carbonyl (C=O) groups is 2. The van der Waals surface area contributed by atoms with Crippen molar-refractivity contribution in [3.8, 4) is 16.3 Å². The van der Waals surface area contributed by atoms with Gasteiger partial charge in [-0.25, -0.2) is 9.78 Å². The van der Waals surface area contributed by atoms with Crippen LogP contribution in [0.15, 0.2) is 72.8 Å². The summed E-state index contributed by atoms with van der Waals surface area (Å²) in [5.41, 5.74) is 3.89. The van der Waals surface area contributed by atoms with Crippen LogP contribution >= 0.6 is 11.3 Å². The van der Waals surface area contributed by atoms with Crippen molar-refractivity contribution in [1.29, 1.82) is 0 Å². The fraction of sp³-hybridized carbons (Fsp3) is 0.192. The van der Waals surface area contributed by atoms with Gasteiger partial charge in [-0.3, -0.25) is 9.69 Å². The van der Waals surface area contributed by atoms with Gasteiger partial charge in [0.15, 0.2) is 0 Å². The highest BCUT2D eigenvalue weighted by molar-refractivity contribution is 7.21. The SMILES string of the molecule is Cc1ccc2nc(-c3ccc(NC(=O)[C@@H]4CCCN4C(=O)Oc4ccccc4)cc3)sc2c1. The Kier molecular flexibility index (Phi) is 5.79. The molecule has 6 nitrogen and oxygen atoms in total. The van der Waals surface area contributed by atoms with Crippen LogP contribution in [0, 0.1) is 6.92 Å². The number of carbonyl (C=O) groups excluding carboxylic acids is 2. The normalized spacial score (nSPS) is 15.5. The molecular formula is C26H23N3O3S. The van der Waals surface area contributed by atoms with Gasteiger partial charge in [-0.15, -0.1) is 11.3 Å². The minimum atomic E-state index is -0.548. The summed E-state index contributed by atoms with van der Waals surface area (Å²) in [5, 5.41) is 3.88. The van der Waals surface area contributed by atoms with E-state index in [1.54, 1.807) is 35.6 Å². The Morgan fingerprint density at radius 3 is 2.64 bits per heavy atom. The summed E-state index contributed by atoms with van der Waals surface area (Å²) in [7, 11) is 0. The van der Waals surface area contributed by atoms with E-state index in [-0.39, 0.29) is 5.91 Å². The van der Waals surface area contributed by atoms with E-state index in [9.17, 15) is 9.59 Å². The summed E-state index contributed by atoms with van der Waals surface area (Å²) in [5.74, 6) is 0.259. The van der Waals surface area contributed by atoms with Gasteiger partial charge in [-0.1, -0.05) is 24.3 Å². The number of nitrogens with zero attached hydrogens (tertiary/aromatic N) is 2. The van der Waals surface area contributed by atoms with Crippen molar-refractivity contribution in [3.63, 3.8) is 0 Å². The molecule has 4 aromatic rings. The van der Waals surface area contributed by atoms with Gasteiger partial charge in [0, 0.05) is 17.8 Å². The number of benzene rings is 3. The summed E-state index contributed by atoms with van der Waals surface area (Å²) in [6, 6.07) is 22.2. The summed E-state index contributed by atoms with van der Waals surface area (Å²) in [6.07, 6.45) is 0.872. The number of anilines is 1. The van der Waals surface area contributed by atoms with Crippen molar-refractivity contribution in [2.24, 2.45) is 0 Å². The van der Waals surface area contributed by atoms with Gasteiger partial charge in [0.2, 0.25) is 5.91 Å². The predicted molar refractivity (Wildman–Crippen MR) is 131 cm³/mol. The van der Waals surface area contributed by atoms with Crippen molar-refractivity contribution >= 4 is 39.2 Å². The molecular weight excluding hydrogens is 434 g/mol. The molecule has 0 aliphatic carbocycles. The standard InChI is InChI=1S/C26H23N3O3S/c1-17-9-14-21-23(16-17)33-25(28-21)18-10-12-19(13-11-18)27-24(30)22-8-5-15-29(22)26(31)32-20-6-3-2-4-7-20/h2-4,6-7,9-14,16,22H,5,8,15H2,1H3,(H,27,30)/t22-/m0/s1. The lowest BCUT2D eigenvalue weighted by Gasteiger charge is -2.23. The third-order valence-electron chi connectivity index (χ3n) is 5.68.